The number of amides is 7. The lowest BCUT2D eigenvalue weighted by Gasteiger charge is -2.40. The number of hydrogen-bond donors (Lipinski definition) is 7. The van der Waals surface area contributed by atoms with Gasteiger partial charge in [0.15, 0.2) is 6.29 Å². The molecule has 344 valence electrons. The normalized spacial score (nSPS) is 29.0. The molecule has 2 aromatic rings. The lowest BCUT2D eigenvalue weighted by Crippen LogP contribution is -2.63. The zero-order valence-corrected chi connectivity index (χ0v) is 36.3. The maximum Gasteiger partial charge on any atom is 0.469 e. The van der Waals surface area contributed by atoms with E-state index in [0.29, 0.717) is 18.9 Å². The molecular weight excluding hydrogens is 875 g/mol. The number of benzene rings is 2. The van der Waals surface area contributed by atoms with Crippen LogP contribution in [0.25, 0.3) is 0 Å². The van der Waals surface area contributed by atoms with Gasteiger partial charge >= 0.3 is 13.9 Å². The topological polar surface area (TPSA) is 256 Å². The minimum Gasteiger partial charge on any atom is -0.366 e. The summed E-state index contributed by atoms with van der Waals surface area (Å²) >= 11 is 6.22. The molecule has 0 spiro atoms. The van der Waals surface area contributed by atoms with E-state index in [1.807, 2.05) is 6.92 Å². The molecule has 0 unspecified atom stereocenters. The Morgan fingerprint density at radius 2 is 1.65 bits per heavy atom. The third kappa shape index (κ3) is 11.7. The summed E-state index contributed by atoms with van der Waals surface area (Å²) in [6.07, 6.45) is -4.25. The van der Waals surface area contributed by atoms with Crippen LogP contribution in [0.5, 0.6) is 0 Å². The first-order valence-electron chi connectivity index (χ1n) is 20.6. The number of phosphoric acid groups is 1. The largest absolute Gasteiger partial charge is 0.469 e. The van der Waals surface area contributed by atoms with Gasteiger partial charge in [-0.15, -0.1) is 0 Å². The molecule has 0 saturated carbocycles. The van der Waals surface area contributed by atoms with Crippen molar-refractivity contribution in [2.45, 2.75) is 114 Å². The molecule has 4 fully saturated rings. The molecule has 7 N–H and O–H groups in total. The number of piperidine rings is 1. The zero-order chi connectivity index (χ0) is 45.9. The molecular formula is C40H51ClF2N7O12P. The zero-order valence-electron chi connectivity index (χ0n) is 34.6. The van der Waals surface area contributed by atoms with Crippen LogP contribution in [-0.2, 0) is 44.2 Å². The summed E-state index contributed by atoms with van der Waals surface area (Å²) in [5, 5.41) is 21.9. The van der Waals surface area contributed by atoms with Crippen molar-refractivity contribution >= 4 is 60.7 Å². The lowest BCUT2D eigenvalue weighted by molar-refractivity contribution is -0.181. The quantitative estimate of drug-likeness (QED) is 0.187. The number of hydrogen-bond acceptors (Lipinski definition) is 10. The van der Waals surface area contributed by atoms with Gasteiger partial charge in [-0.2, -0.15) is 0 Å². The first-order chi connectivity index (χ1) is 29.7. The van der Waals surface area contributed by atoms with Crippen LogP contribution in [0.4, 0.5) is 19.3 Å². The van der Waals surface area contributed by atoms with Crippen LogP contribution in [-0.4, -0.2) is 140 Å². The Morgan fingerprint density at radius 1 is 0.952 bits per heavy atom. The van der Waals surface area contributed by atoms with Crippen LogP contribution in [0.3, 0.4) is 0 Å². The fourth-order valence-corrected chi connectivity index (χ4v) is 9.41. The van der Waals surface area contributed by atoms with E-state index in [1.165, 1.54) is 35.8 Å². The van der Waals surface area contributed by atoms with Gasteiger partial charge in [0.05, 0.1) is 29.0 Å². The molecule has 4 aliphatic rings. The molecule has 4 saturated heterocycles. The van der Waals surface area contributed by atoms with Crippen molar-refractivity contribution in [2.24, 2.45) is 5.92 Å². The highest BCUT2D eigenvalue weighted by molar-refractivity contribution is 7.46. The van der Waals surface area contributed by atoms with Gasteiger partial charge in [-0.05, 0) is 75.3 Å². The van der Waals surface area contributed by atoms with Crippen molar-refractivity contribution in [3.63, 3.8) is 0 Å². The van der Waals surface area contributed by atoms with Gasteiger partial charge in [-0.25, -0.2) is 18.1 Å². The van der Waals surface area contributed by atoms with Crippen molar-refractivity contribution in [2.75, 3.05) is 25.0 Å². The van der Waals surface area contributed by atoms with Crippen LogP contribution in [0.1, 0.15) is 58.4 Å². The number of urea groups is 1. The highest BCUT2D eigenvalue weighted by atomic mass is 35.5. The van der Waals surface area contributed by atoms with E-state index >= 15 is 0 Å². The molecule has 19 nitrogen and oxygen atoms in total. The number of nitrogens with zero attached hydrogens (tertiary/aromatic N) is 3. The SMILES string of the molecule is C[C@@H]1C[C@H]2[C@@H](O)O[C@@H](C)[C@H](NC(=O)[C@H](Cc3cc(F)cc(F)c3)NC(=O)Nc3ccccc3Cl)C(=O)N3C[C@H](OP(=O)(O)O)C[C@H]3C(=O)N3CCCC[C@H]3C(=O)N[C@@H](C)C(=O)N2C1. The Balaban J connectivity index is 1.40. The second-order valence-electron chi connectivity index (χ2n) is 16.5. The summed E-state index contributed by atoms with van der Waals surface area (Å²) in [5.74, 6) is -6.25. The Kier molecular flexibility index (Phi) is 15.1. The Labute approximate surface area is 366 Å². The van der Waals surface area contributed by atoms with E-state index < -0.39 is 129 Å². The fraction of sp³-hybridized carbons (Fsp3) is 0.550. The molecule has 2 aromatic carbocycles. The van der Waals surface area contributed by atoms with E-state index in [2.05, 4.69) is 21.3 Å². The summed E-state index contributed by atoms with van der Waals surface area (Å²) in [6.45, 7) is 4.27. The minimum atomic E-state index is -5.20. The second-order valence-corrected chi connectivity index (χ2v) is 18.1. The third-order valence-electron chi connectivity index (χ3n) is 11.6. The number of ether oxygens (including phenoxy) is 1. The molecule has 23 heteroatoms. The number of fused-ring (bicyclic) bond motifs is 3. The van der Waals surface area contributed by atoms with Crippen molar-refractivity contribution in [3.8, 4) is 0 Å². The number of para-hydroxylation sites is 1. The molecule has 63 heavy (non-hydrogen) atoms. The van der Waals surface area contributed by atoms with E-state index in [9.17, 15) is 57.0 Å². The number of carbonyl (C=O) groups excluding carboxylic acids is 6. The van der Waals surface area contributed by atoms with Gasteiger partial charge in [0.2, 0.25) is 29.5 Å². The Morgan fingerprint density at radius 3 is 2.33 bits per heavy atom. The van der Waals surface area contributed by atoms with Gasteiger partial charge in [-0.1, -0.05) is 30.7 Å². The van der Waals surface area contributed by atoms with E-state index in [1.54, 1.807) is 12.1 Å². The number of rotatable bonds is 8. The average molecular weight is 926 g/mol. The monoisotopic (exact) mass is 925 g/mol. The van der Waals surface area contributed by atoms with Gasteiger partial charge < -0.3 is 55.6 Å². The average Bonchev–Trinajstić information content (AvgIpc) is 3.81. The van der Waals surface area contributed by atoms with Gasteiger partial charge in [0.1, 0.15) is 41.8 Å². The second kappa shape index (κ2) is 20.0. The van der Waals surface area contributed by atoms with E-state index in [-0.39, 0.29) is 48.1 Å². The number of anilines is 1. The maximum absolute atomic E-state index is 15.0. The summed E-state index contributed by atoms with van der Waals surface area (Å²) in [7, 11) is -5.20. The Bertz CT molecular complexity index is 2120. The molecule has 7 amide bonds. The van der Waals surface area contributed by atoms with E-state index in [0.717, 1.165) is 17.0 Å². The maximum atomic E-state index is 15.0. The number of nitrogens with one attached hydrogen (secondary N) is 4. The van der Waals surface area contributed by atoms with Crippen molar-refractivity contribution in [1.82, 2.24) is 30.7 Å². The molecule has 6 rings (SSSR count). The van der Waals surface area contributed by atoms with Gasteiger partial charge in [-0.3, -0.25) is 28.5 Å². The minimum absolute atomic E-state index is 0.0592. The highest BCUT2D eigenvalue weighted by Gasteiger charge is 2.50. The predicted octanol–water partition coefficient (Wildman–Crippen LogP) is 1.77. The number of carbonyl (C=O) groups is 6. The lowest BCUT2D eigenvalue weighted by atomic mass is 9.98. The summed E-state index contributed by atoms with van der Waals surface area (Å²) in [4.78, 5) is 108. The summed E-state index contributed by atoms with van der Waals surface area (Å²) in [5.41, 5.74) is 0.0663. The summed E-state index contributed by atoms with van der Waals surface area (Å²) < 4.78 is 51.9. The predicted molar refractivity (Wildman–Crippen MR) is 219 cm³/mol. The molecule has 0 bridgehead atoms. The third-order valence-corrected chi connectivity index (χ3v) is 12.5. The van der Waals surface area contributed by atoms with Gasteiger partial charge in [0, 0.05) is 38.5 Å². The van der Waals surface area contributed by atoms with Gasteiger partial charge in [0.25, 0.3) is 0 Å². The molecule has 10 atom stereocenters. The fourth-order valence-electron chi connectivity index (χ4n) is 8.69. The van der Waals surface area contributed by atoms with Crippen molar-refractivity contribution in [3.05, 3.63) is 64.7 Å². The number of halogens is 3. The number of aliphatic hydroxyl groups excluding tert-OH is 1. The highest BCUT2D eigenvalue weighted by Crippen LogP contribution is 2.41. The Hall–Kier alpha value is -4.76. The van der Waals surface area contributed by atoms with Crippen LogP contribution >= 0.6 is 19.4 Å². The van der Waals surface area contributed by atoms with Crippen molar-refractivity contribution < 1.29 is 66.3 Å². The number of phosphoric ester groups is 1. The molecule has 4 aliphatic heterocycles. The first kappa shape index (κ1) is 47.7. The van der Waals surface area contributed by atoms with Crippen molar-refractivity contribution in [1.29, 1.82) is 0 Å². The molecule has 0 aromatic heterocycles. The number of aliphatic hydroxyl groups is 1. The molecule has 0 aliphatic carbocycles. The first-order valence-corrected chi connectivity index (χ1v) is 22.5. The molecule has 0 radical (unpaired) electrons. The molecule has 4 heterocycles. The van der Waals surface area contributed by atoms with Crippen LogP contribution in [0.15, 0.2) is 42.5 Å². The van der Waals surface area contributed by atoms with E-state index in [4.69, 9.17) is 20.9 Å². The smallest absolute Gasteiger partial charge is 0.366 e. The van der Waals surface area contributed by atoms with Crippen LogP contribution < -0.4 is 21.3 Å². The van der Waals surface area contributed by atoms with Crippen LogP contribution in [0, 0.1) is 17.6 Å². The standard InChI is InChI=1S/C40H51ClF2N7O12P/c1-20-12-32-39(56)61-22(3)33(47-34(51)29(15-23-13-24(42)16-25(43)14-23)46-40(57)45-28-9-5-4-8-27(28)41)38(55)50-19-26(62-63(58,59)60)17-31(50)37(54)48-11-7-6-10-30(48)35(52)44-21(2)36(53)49(32)18-20/h4-5,8-9,13-14,16,20-22,26,29-33,39,56H,6-7,10-12,15,17-19H2,1-3H3,(H,44,52)(H,47,51)(H2,45,46,57)(H2,58,59,60)/t20-,21+,22+,26-,29+,30+,31+,32+,33+,39+/m1/s1. The summed E-state index contributed by atoms with van der Waals surface area (Å²) in [6, 6.07) is -0.614. The van der Waals surface area contributed by atoms with Crippen LogP contribution in [0.2, 0.25) is 5.02 Å².